The molecule has 0 saturated heterocycles. The zero-order valence-electron chi connectivity index (χ0n) is 11.5. The maximum atomic E-state index is 13.7. The second-order valence-corrected chi connectivity index (χ2v) is 4.33. The molecule has 2 rings (SSSR count). The lowest BCUT2D eigenvalue weighted by Gasteiger charge is -2.14. The summed E-state index contributed by atoms with van der Waals surface area (Å²) < 4.78 is 24.7. The van der Waals surface area contributed by atoms with Gasteiger partial charge in [-0.2, -0.15) is 0 Å². The topological polar surface area (TPSA) is 38.7 Å². The highest BCUT2D eigenvalue weighted by Gasteiger charge is 2.15. The molecule has 0 unspecified atom stereocenters. The van der Waals surface area contributed by atoms with Gasteiger partial charge < -0.3 is 14.6 Å². The van der Waals surface area contributed by atoms with Gasteiger partial charge in [0.2, 0.25) is 0 Å². The molecular formula is C16H17FO3. The van der Waals surface area contributed by atoms with Crippen molar-refractivity contribution in [2.75, 3.05) is 6.61 Å². The first kappa shape index (κ1) is 14.3. The number of hydrogen-bond donors (Lipinski definition) is 1. The molecule has 2 aromatic carbocycles. The Labute approximate surface area is 117 Å². The Hall–Kier alpha value is -2.07. The van der Waals surface area contributed by atoms with Crippen LogP contribution in [0.15, 0.2) is 42.5 Å². The monoisotopic (exact) mass is 276 g/mol. The molecule has 2 aromatic rings. The minimum Gasteiger partial charge on any atom is -0.494 e. The van der Waals surface area contributed by atoms with Crippen molar-refractivity contribution >= 4 is 0 Å². The van der Waals surface area contributed by atoms with Crippen LogP contribution < -0.4 is 9.47 Å². The highest BCUT2D eigenvalue weighted by atomic mass is 19.1. The molecular weight excluding hydrogens is 259 g/mol. The highest BCUT2D eigenvalue weighted by molar-refractivity contribution is 5.41. The van der Waals surface area contributed by atoms with Crippen LogP contribution in [0.3, 0.4) is 0 Å². The van der Waals surface area contributed by atoms with Crippen molar-refractivity contribution in [2.24, 2.45) is 0 Å². The Morgan fingerprint density at radius 2 is 1.75 bits per heavy atom. The quantitative estimate of drug-likeness (QED) is 0.894. The SMILES string of the molecule is CCOc1ccc(Oc2cccc(F)c2[C@@H](C)O)cc1. The number of benzene rings is 2. The number of aliphatic hydroxyl groups is 1. The largest absolute Gasteiger partial charge is 0.494 e. The molecule has 0 aromatic heterocycles. The molecule has 0 aliphatic rings. The van der Waals surface area contributed by atoms with Crippen molar-refractivity contribution in [3.8, 4) is 17.2 Å². The number of ether oxygens (including phenoxy) is 2. The Balaban J connectivity index is 2.23. The molecule has 4 heteroatoms. The lowest BCUT2D eigenvalue weighted by molar-refractivity contribution is 0.190. The van der Waals surface area contributed by atoms with Crippen molar-refractivity contribution < 1.29 is 19.0 Å². The summed E-state index contributed by atoms with van der Waals surface area (Å²) in [6.07, 6.45) is -0.936. The maximum absolute atomic E-state index is 13.7. The van der Waals surface area contributed by atoms with Gasteiger partial charge in [0, 0.05) is 0 Å². The van der Waals surface area contributed by atoms with Crippen LogP contribution in [0.1, 0.15) is 25.5 Å². The summed E-state index contributed by atoms with van der Waals surface area (Å²) in [5, 5.41) is 9.64. The van der Waals surface area contributed by atoms with Crippen LogP contribution in [0, 0.1) is 5.82 Å². The summed E-state index contributed by atoms with van der Waals surface area (Å²) in [6.45, 7) is 4.01. The molecule has 0 saturated carbocycles. The second kappa shape index (κ2) is 6.39. The van der Waals surface area contributed by atoms with E-state index in [4.69, 9.17) is 9.47 Å². The van der Waals surface area contributed by atoms with Crippen molar-refractivity contribution in [2.45, 2.75) is 20.0 Å². The Morgan fingerprint density at radius 1 is 1.10 bits per heavy atom. The number of hydrogen-bond acceptors (Lipinski definition) is 3. The standard InChI is InChI=1S/C16H17FO3/c1-3-19-12-7-9-13(10-8-12)20-15-6-4-5-14(17)16(15)11(2)18/h4-11,18H,3H2,1-2H3/t11-/m1/s1. The van der Waals surface area contributed by atoms with Crippen LogP contribution in [0.4, 0.5) is 4.39 Å². The van der Waals surface area contributed by atoms with E-state index in [2.05, 4.69) is 0 Å². The molecule has 0 radical (unpaired) electrons. The van der Waals surface area contributed by atoms with E-state index in [1.54, 1.807) is 36.4 Å². The molecule has 106 valence electrons. The fourth-order valence-electron chi connectivity index (χ4n) is 1.91. The summed E-state index contributed by atoms with van der Waals surface area (Å²) in [5.74, 6) is 1.13. The number of halogens is 1. The Morgan fingerprint density at radius 3 is 2.35 bits per heavy atom. The molecule has 0 heterocycles. The molecule has 0 amide bonds. The van der Waals surface area contributed by atoms with Gasteiger partial charge in [0.05, 0.1) is 18.3 Å². The van der Waals surface area contributed by atoms with E-state index in [0.29, 0.717) is 18.1 Å². The average molecular weight is 276 g/mol. The van der Waals surface area contributed by atoms with Gasteiger partial charge in [-0.25, -0.2) is 4.39 Å². The third kappa shape index (κ3) is 3.27. The smallest absolute Gasteiger partial charge is 0.136 e. The molecule has 0 aliphatic carbocycles. The predicted octanol–water partition coefficient (Wildman–Crippen LogP) is 4.07. The van der Waals surface area contributed by atoms with Gasteiger partial charge in [-0.1, -0.05) is 6.07 Å². The number of rotatable bonds is 5. The summed E-state index contributed by atoms with van der Waals surface area (Å²) in [6, 6.07) is 11.5. The third-order valence-electron chi connectivity index (χ3n) is 2.79. The van der Waals surface area contributed by atoms with E-state index in [1.165, 1.54) is 13.0 Å². The maximum Gasteiger partial charge on any atom is 0.136 e. The van der Waals surface area contributed by atoms with E-state index in [9.17, 15) is 9.50 Å². The first-order valence-corrected chi connectivity index (χ1v) is 6.49. The highest BCUT2D eigenvalue weighted by Crippen LogP contribution is 2.32. The summed E-state index contributed by atoms with van der Waals surface area (Å²) in [4.78, 5) is 0. The van der Waals surface area contributed by atoms with Gasteiger partial charge in [-0.15, -0.1) is 0 Å². The van der Waals surface area contributed by atoms with Gasteiger partial charge >= 0.3 is 0 Å². The Bertz CT molecular complexity index is 564. The van der Waals surface area contributed by atoms with E-state index < -0.39 is 11.9 Å². The minimum atomic E-state index is -0.936. The average Bonchev–Trinajstić information content (AvgIpc) is 2.41. The van der Waals surface area contributed by atoms with E-state index in [-0.39, 0.29) is 5.56 Å². The van der Waals surface area contributed by atoms with Gasteiger partial charge in [-0.3, -0.25) is 0 Å². The zero-order valence-corrected chi connectivity index (χ0v) is 11.5. The van der Waals surface area contributed by atoms with E-state index >= 15 is 0 Å². The first-order valence-electron chi connectivity index (χ1n) is 6.49. The Kier molecular flexibility index (Phi) is 4.58. The van der Waals surface area contributed by atoms with Crippen molar-refractivity contribution in [3.63, 3.8) is 0 Å². The fraction of sp³-hybridized carbons (Fsp3) is 0.250. The second-order valence-electron chi connectivity index (χ2n) is 4.33. The van der Waals surface area contributed by atoms with Crippen LogP contribution >= 0.6 is 0 Å². The molecule has 1 atom stereocenters. The molecule has 0 fully saturated rings. The van der Waals surface area contributed by atoms with Gasteiger partial charge in [-0.05, 0) is 50.2 Å². The van der Waals surface area contributed by atoms with Gasteiger partial charge in [0.1, 0.15) is 23.1 Å². The molecule has 0 bridgehead atoms. The number of aliphatic hydroxyl groups excluding tert-OH is 1. The fourth-order valence-corrected chi connectivity index (χ4v) is 1.91. The molecule has 3 nitrogen and oxygen atoms in total. The molecule has 0 spiro atoms. The van der Waals surface area contributed by atoms with Crippen molar-refractivity contribution in [1.82, 2.24) is 0 Å². The van der Waals surface area contributed by atoms with Crippen molar-refractivity contribution in [3.05, 3.63) is 53.8 Å². The molecule has 0 aliphatic heterocycles. The normalized spacial score (nSPS) is 12.0. The van der Waals surface area contributed by atoms with Gasteiger partial charge in [0.15, 0.2) is 0 Å². The van der Waals surface area contributed by atoms with Crippen molar-refractivity contribution in [1.29, 1.82) is 0 Å². The summed E-state index contributed by atoms with van der Waals surface area (Å²) in [5.41, 5.74) is 0.154. The molecule has 1 N–H and O–H groups in total. The zero-order chi connectivity index (χ0) is 14.5. The van der Waals surface area contributed by atoms with E-state index in [1.807, 2.05) is 6.92 Å². The molecule has 20 heavy (non-hydrogen) atoms. The predicted molar refractivity (Wildman–Crippen MR) is 74.7 cm³/mol. The van der Waals surface area contributed by atoms with Crippen LogP contribution in [0.2, 0.25) is 0 Å². The van der Waals surface area contributed by atoms with Crippen LogP contribution in [0.25, 0.3) is 0 Å². The first-order chi connectivity index (χ1) is 9.61. The lowest BCUT2D eigenvalue weighted by Crippen LogP contribution is -1.99. The van der Waals surface area contributed by atoms with Crippen LogP contribution in [-0.4, -0.2) is 11.7 Å². The lowest BCUT2D eigenvalue weighted by atomic mass is 10.1. The minimum absolute atomic E-state index is 0.154. The summed E-state index contributed by atoms with van der Waals surface area (Å²) >= 11 is 0. The third-order valence-corrected chi connectivity index (χ3v) is 2.79. The van der Waals surface area contributed by atoms with Crippen LogP contribution in [0.5, 0.6) is 17.2 Å². The van der Waals surface area contributed by atoms with Gasteiger partial charge in [0.25, 0.3) is 0 Å². The summed E-state index contributed by atoms with van der Waals surface area (Å²) in [7, 11) is 0. The van der Waals surface area contributed by atoms with Crippen LogP contribution in [-0.2, 0) is 0 Å². The van der Waals surface area contributed by atoms with E-state index in [0.717, 1.165) is 5.75 Å².